The van der Waals surface area contributed by atoms with Crippen LogP contribution >= 0.6 is 15.6 Å². The molecule has 0 aliphatic carbocycles. The number of carboxylic acid groups (broad SMARTS) is 1. The maximum atomic E-state index is 12.1. The zero-order valence-corrected chi connectivity index (χ0v) is 20.5. The SMILES string of the molecule is O=C(O)C[C@H]1O[C@H](OP(=O)([O-])OP(=O)([O-])OC[C@H]2O[C@@H](n3ccc(=O)[nH]c3=O)[C@H](O)[C@@H]2O)[C@H](O)[C@@H](O)[C@@H]1O. The molecule has 0 bridgehead atoms. The van der Waals surface area contributed by atoms with Crippen molar-refractivity contribution in [1.29, 1.82) is 0 Å². The second-order valence-electron chi connectivity index (χ2n) is 8.05. The van der Waals surface area contributed by atoms with Gasteiger partial charge in [0.05, 0.1) is 19.1 Å². The van der Waals surface area contributed by atoms with Crippen molar-refractivity contribution in [3.05, 3.63) is 33.1 Å². The summed E-state index contributed by atoms with van der Waals surface area (Å²) in [4.78, 5) is 59.9. The number of aromatic amines is 1. The van der Waals surface area contributed by atoms with E-state index in [0.717, 1.165) is 12.3 Å². The fourth-order valence-electron chi connectivity index (χ4n) is 3.53. The van der Waals surface area contributed by atoms with Crippen LogP contribution in [0.4, 0.5) is 0 Å². The zero-order chi connectivity index (χ0) is 28.6. The van der Waals surface area contributed by atoms with Crippen molar-refractivity contribution in [3.8, 4) is 0 Å². The Balaban J connectivity index is 1.62. The molecule has 22 heteroatoms. The summed E-state index contributed by atoms with van der Waals surface area (Å²) in [6, 6.07) is 0.899. The number of nitrogens with zero attached hydrogens (tertiary/aromatic N) is 1. The summed E-state index contributed by atoms with van der Waals surface area (Å²) in [5.41, 5.74) is -1.81. The van der Waals surface area contributed by atoms with Gasteiger partial charge in [-0.05, 0) is 0 Å². The molecule has 38 heavy (non-hydrogen) atoms. The molecule has 0 aromatic carbocycles. The number of phosphoric ester groups is 2. The highest BCUT2D eigenvalue weighted by molar-refractivity contribution is 7.59. The summed E-state index contributed by atoms with van der Waals surface area (Å²) >= 11 is 0. The number of H-pyrrole nitrogens is 1. The van der Waals surface area contributed by atoms with Crippen LogP contribution in [-0.2, 0) is 36.8 Å². The number of rotatable bonds is 10. The van der Waals surface area contributed by atoms with Gasteiger partial charge in [0.25, 0.3) is 21.2 Å². The van der Waals surface area contributed by atoms with Gasteiger partial charge in [-0.3, -0.25) is 32.8 Å². The van der Waals surface area contributed by atoms with Crippen LogP contribution in [0.2, 0.25) is 0 Å². The number of phosphoric acid groups is 2. The highest BCUT2D eigenvalue weighted by Crippen LogP contribution is 2.57. The molecule has 0 amide bonds. The average Bonchev–Trinajstić information content (AvgIpc) is 3.07. The molecular formula is C16H22N2O18P2-2. The molecule has 11 atom stereocenters. The molecular weight excluding hydrogens is 570 g/mol. The summed E-state index contributed by atoms with van der Waals surface area (Å²) in [6.45, 7) is -1.15. The van der Waals surface area contributed by atoms with Crippen molar-refractivity contribution in [1.82, 2.24) is 9.55 Å². The lowest BCUT2D eigenvalue weighted by molar-refractivity contribution is -0.301. The minimum atomic E-state index is -5.99. The highest BCUT2D eigenvalue weighted by Gasteiger charge is 2.47. The van der Waals surface area contributed by atoms with Crippen LogP contribution in [0.25, 0.3) is 0 Å². The Kier molecular flexibility index (Phi) is 9.45. The van der Waals surface area contributed by atoms with Crippen LogP contribution in [0.5, 0.6) is 0 Å². The summed E-state index contributed by atoms with van der Waals surface area (Å²) in [5.74, 6) is -1.54. The Hall–Kier alpha value is -1.87. The largest absolute Gasteiger partial charge is 0.756 e. The van der Waals surface area contributed by atoms with E-state index in [4.69, 9.17) is 14.6 Å². The molecule has 7 N–H and O–H groups in total. The van der Waals surface area contributed by atoms with Crippen LogP contribution in [0.1, 0.15) is 12.6 Å². The van der Waals surface area contributed by atoms with Crippen molar-refractivity contribution in [2.24, 2.45) is 0 Å². The molecule has 2 fully saturated rings. The minimum Gasteiger partial charge on any atom is -0.756 e. The number of hydrogen-bond donors (Lipinski definition) is 7. The Morgan fingerprint density at radius 2 is 1.61 bits per heavy atom. The number of hydrogen-bond acceptors (Lipinski definition) is 17. The number of aliphatic hydroxyl groups is 5. The normalized spacial score (nSPS) is 36.9. The molecule has 216 valence electrons. The molecule has 0 spiro atoms. The van der Waals surface area contributed by atoms with Crippen molar-refractivity contribution >= 4 is 21.6 Å². The maximum Gasteiger partial charge on any atom is 0.330 e. The Labute approximate surface area is 210 Å². The topological polar surface area (TPSA) is 320 Å². The molecule has 1 aromatic rings. The monoisotopic (exact) mass is 592 g/mol. The van der Waals surface area contributed by atoms with Gasteiger partial charge < -0.3 is 54.4 Å². The molecule has 0 radical (unpaired) electrons. The van der Waals surface area contributed by atoms with E-state index in [1.165, 1.54) is 0 Å². The Bertz CT molecular complexity index is 1220. The quantitative estimate of drug-likeness (QED) is 0.124. The lowest BCUT2D eigenvalue weighted by Gasteiger charge is -2.42. The smallest absolute Gasteiger partial charge is 0.330 e. The van der Waals surface area contributed by atoms with E-state index in [-0.39, 0.29) is 0 Å². The van der Waals surface area contributed by atoms with E-state index >= 15 is 0 Å². The third kappa shape index (κ3) is 7.20. The summed E-state index contributed by atoms with van der Waals surface area (Å²) in [5, 5.41) is 58.4. The van der Waals surface area contributed by atoms with Crippen molar-refractivity contribution < 1.29 is 77.2 Å². The average molecular weight is 592 g/mol. The number of aromatic nitrogens is 2. The van der Waals surface area contributed by atoms with Crippen molar-refractivity contribution in [2.45, 2.75) is 61.7 Å². The van der Waals surface area contributed by atoms with E-state index < -0.39 is 101 Å². The van der Waals surface area contributed by atoms with Gasteiger partial charge in [0, 0.05) is 12.3 Å². The molecule has 3 heterocycles. The van der Waals surface area contributed by atoms with Gasteiger partial charge in [0.15, 0.2) is 12.5 Å². The van der Waals surface area contributed by atoms with E-state index in [9.17, 15) is 58.8 Å². The first-order chi connectivity index (χ1) is 17.5. The Morgan fingerprint density at radius 1 is 0.974 bits per heavy atom. The molecule has 20 nitrogen and oxygen atoms in total. The second-order valence-corrected chi connectivity index (χ2v) is 11.0. The number of ether oxygens (including phenoxy) is 2. The molecule has 2 aliphatic heterocycles. The van der Waals surface area contributed by atoms with Gasteiger partial charge in [0.1, 0.15) is 36.6 Å². The fourth-order valence-corrected chi connectivity index (χ4v) is 5.61. The van der Waals surface area contributed by atoms with Crippen LogP contribution in [-0.4, -0.2) is 102 Å². The lowest BCUT2D eigenvalue weighted by atomic mass is 9.97. The third-order valence-electron chi connectivity index (χ3n) is 5.34. The summed E-state index contributed by atoms with van der Waals surface area (Å²) in [7, 11) is -11.9. The molecule has 2 aliphatic rings. The van der Waals surface area contributed by atoms with Crippen LogP contribution < -0.4 is 21.0 Å². The fraction of sp³-hybridized carbons (Fsp3) is 0.688. The molecule has 2 unspecified atom stereocenters. The van der Waals surface area contributed by atoms with Gasteiger partial charge in [-0.1, -0.05) is 0 Å². The standard InChI is InChI=1S/C16H24N2O18P2/c19-7-1-2-18(16(27)17-7)14-12(25)10(23)6(33-14)4-32-37(28,29)36-38(30,31)35-15-13(26)11(24)9(22)5(34-15)3-8(20)21/h1-2,5-6,9-15,22-26H,3-4H2,(H,20,21)(H,28,29)(H,30,31)(H,17,19,27)/p-2/t5-,6-,9-,10-,11+,12-,13-,14-,15-/m1/s1. The first-order valence-electron chi connectivity index (χ1n) is 10.4. The van der Waals surface area contributed by atoms with Crippen LogP contribution in [0.15, 0.2) is 21.9 Å². The molecule has 0 saturated carbocycles. The summed E-state index contributed by atoms with van der Waals surface area (Å²) < 4.78 is 47.2. The van der Waals surface area contributed by atoms with E-state index in [1.807, 2.05) is 4.98 Å². The predicted molar refractivity (Wildman–Crippen MR) is 110 cm³/mol. The number of carbonyl (C=O) groups is 1. The number of nitrogens with one attached hydrogen (secondary N) is 1. The maximum absolute atomic E-state index is 12.1. The van der Waals surface area contributed by atoms with Crippen molar-refractivity contribution in [3.63, 3.8) is 0 Å². The minimum absolute atomic E-state index is 0.681. The van der Waals surface area contributed by atoms with Crippen LogP contribution in [0, 0.1) is 0 Å². The van der Waals surface area contributed by atoms with Gasteiger partial charge in [-0.15, -0.1) is 0 Å². The molecule has 3 rings (SSSR count). The highest BCUT2D eigenvalue weighted by atomic mass is 31.3. The summed E-state index contributed by atoms with van der Waals surface area (Å²) in [6.07, 6.45) is -17.5. The van der Waals surface area contributed by atoms with E-state index in [0.29, 0.717) is 4.57 Å². The van der Waals surface area contributed by atoms with Gasteiger partial charge in [-0.25, -0.2) is 9.11 Å². The first-order valence-corrected chi connectivity index (χ1v) is 13.3. The number of aliphatic carboxylic acids is 1. The number of carboxylic acids is 1. The van der Waals surface area contributed by atoms with E-state index in [2.05, 4.69) is 13.4 Å². The molecule has 1 aromatic heterocycles. The predicted octanol–water partition coefficient (Wildman–Crippen LogP) is -5.58. The van der Waals surface area contributed by atoms with Gasteiger partial charge >= 0.3 is 11.7 Å². The zero-order valence-electron chi connectivity index (χ0n) is 18.7. The molecule has 2 saturated heterocycles. The van der Waals surface area contributed by atoms with Crippen LogP contribution in [0.3, 0.4) is 0 Å². The Morgan fingerprint density at radius 3 is 2.21 bits per heavy atom. The third-order valence-corrected chi connectivity index (χ3v) is 7.87. The van der Waals surface area contributed by atoms with E-state index in [1.54, 1.807) is 0 Å². The van der Waals surface area contributed by atoms with Gasteiger partial charge in [0.2, 0.25) is 0 Å². The number of aliphatic hydroxyl groups excluding tert-OH is 5. The second kappa shape index (κ2) is 11.7. The van der Waals surface area contributed by atoms with Gasteiger partial charge in [-0.2, -0.15) is 0 Å². The first kappa shape index (κ1) is 30.7. The van der Waals surface area contributed by atoms with Crippen molar-refractivity contribution in [2.75, 3.05) is 6.61 Å². The lowest BCUT2D eigenvalue weighted by Crippen LogP contribution is -2.58.